The monoisotopic (exact) mass is 210 g/mol. The van der Waals surface area contributed by atoms with Crippen molar-refractivity contribution in [3.05, 3.63) is 24.2 Å². The highest BCUT2D eigenvalue weighted by atomic mass is 16.3. The summed E-state index contributed by atoms with van der Waals surface area (Å²) in [6, 6.07) is 4.34. The number of furan rings is 1. The van der Waals surface area contributed by atoms with Crippen molar-refractivity contribution in [1.29, 1.82) is 0 Å². The molecule has 1 aliphatic heterocycles. The Morgan fingerprint density at radius 3 is 3.27 bits per heavy atom. The van der Waals surface area contributed by atoms with Gasteiger partial charge in [-0.25, -0.2) is 0 Å². The Morgan fingerprint density at radius 2 is 2.53 bits per heavy atom. The summed E-state index contributed by atoms with van der Waals surface area (Å²) in [5.74, 6) is 1.01. The standard InChI is InChI=1S/C11H18N2O2/c14-6-3-10-8-13(5-4-12-10)9-11-2-1-7-15-11/h1-2,7,10,12,14H,3-6,8-9H2. The number of aliphatic hydroxyl groups excluding tert-OH is 1. The molecule has 2 rings (SSSR count). The van der Waals surface area contributed by atoms with E-state index >= 15 is 0 Å². The van der Waals surface area contributed by atoms with Crippen LogP contribution in [0.25, 0.3) is 0 Å². The van der Waals surface area contributed by atoms with Crippen LogP contribution in [-0.4, -0.2) is 42.3 Å². The summed E-state index contributed by atoms with van der Waals surface area (Å²) in [5.41, 5.74) is 0. The first-order valence-corrected chi connectivity index (χ1v) is 5.47. The normalized spacial score (nSPS) is 23.1. The Morgan fingerprint density at radius 1 is 1.60 bits per heavy atom. The first-order valence-electron chi connectivity index (χ1n) is 5.47. The van der Waals surface area contributed by atoms with E-state index in [1.54, 1.807) is 6.26 Å². The molecule has 84 valence electrons. The zero-order chi connectivity index (χ0) is 10.5. The zero-order valence-electron chi connectivity index (χ0n) is 8.85. The first kappa shape index (κ1) is 10.7. The van der Waals surface area contributed by atoms with Crippen molar-refractivity contribution in [2.45, 2.75) is 19.0 Å². The minimum atomic E-state index is 0.256. The van der Waals surface area contributed by atoms with Gasteiger partial charge in [-0.1, -0.05) is 0 Å². The van der Waals surface area contributed by atoms with Crippen LogP contribution in [0.15, 0.2) is 22.8 Å². The number of hydrogen-bond acceptors (Lipinski definition) is 4. The summed E-state index contributed by atoms with van der Waals surface area (Å²) in [5, 5.41) is 12.3. The van der Waals surface area contributed by atoms with Crippen molar-refractivity contribution in [2.24, 2.45) is 0 Å². The molecule has 4 nitrogen and oxygen atoms in total. The molecule has 1 saturated heterocycles. The highest BCUT2D eigenvalue weighted by Gasteiger charge is 2.19. The predicted molar refractivity (Wildman–Crippen MR) is 57.5 cm³/mol. The molecule has 1 aromatic heterocycles. The Balaban J connectivity index is 1.82. The first-order chi connectivity index (χ1) is 7.38. The average molecular weight is 210 g/mol. The molecule has 0 aliphatic carbocycles. The van der Waals surface area contributed by atoms with Crippen LogP contribution < -0.4 is 5.32 Å². The van der Waals surface area contributed by atoms with Gasteiger partial charge < -0.3 is 14.8 Å². The Kier molecular flexibility index (Phi) is 3.77. The molecule has 1 unspecified atom stereocenters. The zero-order valence-corrected chi connectivity index (χ0v) is 8.85. The number of rotatable bonds is 4. The van der Waals surface area contributed by atoms with Gasteiger partial charge in [0.15, 0.2) is 0 Å². The van der Waals surface area contributed by atoms with Gasteiger partial charge in [0.05, 0.1) is 12.8 Å². The maximum Gasteiger partial charge on any atom is 0.117 e. The summed E-state index contributed by atoms with van der Waals surface area (Å²) in [6.45, 7) is 4.15. The number of nitrogens with zero attached hydrogens (tertiary/aromatic N) is 1. The van der Waals surface area contributed by atoms with Crippen LogP contribution in [0, 0.1) is 0 Å². The second-order valence-corrected chi connectivity index (χ2v) is 3.98. The summed E-state index contributed by atoms with van der Waals surface area (Å²) >= 11 is 0. The Hall–Kier alpha value is -0.840. The predicted octanol–water partition coefficient (Wildman–Crippen LogP) is 0.436. The molecule has 0 bridgehead atoms. The summed E-state index contributed by atoms with van der Waals surface area (Å²) in [7, 11) is 0. The van der Waals surface area contributed by atoms with E-state index in [0.717, 1.165) is 38.4 Å². The molecular weight excluding hydrogens is 192 g/mol. The number of piperazine rings is 1. The van der Waals surface area contributed by atoms with Gasteiger partial charge in [0.25, 0.3) is 0 Å². The van der Waals surface area contributed by atoms with Gasteiger partial charge in [0.2, 0.25) is 0 Å². The average Bonchev–Trinajstić information content (AvgIpc) is 2.71. The van der Waals surface area contributed by atoms with Gasteiger partial charge in [-0.3, -0.25) is 4.90 Å². The van der Waals surface area contributed by atoms with Crippen molar-refractivity contribution in [3.8, 4) is 0 Å². The van der Waals surface area contributed by atoms with Gasteiger partial charge in [0.1, 0.15) is 5.76 Å². The quantitative estimate of drug-likeness (QED) is 0.757. The molecule has 0 aromatic carbocycles. The molecule has 1 atom stereocenters. The van der Waals surface area contributed by atoms with Gasteiger partial charge in [-0.2, -0.15) is 0 Å². The van der Waals surface area contributed by atoms with E-state index in [-0.39, 0.29) is 6.61 Å². The van der Waals surface area contributed by atoms with Crippen molar-refractivity contribution >= 4 is 0 Å². The fourth-order valence-electron chi connectivity index (χ4n) is 2.01. The summed E-state index contributed by atoms with van der Waals surface area (Å²) in [6.07, 6.45) is 2.54. The highest BCUT2D eigenvalue weighted by molar-refractivity contribution is 4.98. The minimum Gasteiger partial charge on any atom is -0.468 e. The second-order valence-electron chi connectivity index (χ2n) is 3.98. The third-order valence-electron chi connectivity index (χ3n) is 2.78. The van der Waals surface area contributed by atoms with Crippen LogP contribution in [0.3, 0.4) is 0 Å². The molecule has 1 fully saturated rings. The SMILES string of the molecule is OCCC1CN(Cc2ccco2)CCN1. The summed E-state index contributed by atoms with van der Waals surface area (Å²) in [4.78, 5) is 2.36. The van der Waals surface area contributed by atoms with Crippen LogP contribution in [-0.2, 0) is 6.54 Å². The fourth-order valence-corrected chi connectivity index (χ4v) is 2.01. The number of aliphatic hydroxyl groups is 1. The van der Waals surface area contributed by atoms with Gasteiger partial charge >= 0.3 is 0 Å². The molecular formula is C11H18N2O2. The lowest BCUT2D eigenvalue weighted by Gasteiger charge is -2.32. The molecule has 2 heterocycles. The van der Waals surface area contributed by atoms with Crippen LogP contribution >= 0.6 is 0 Å². The Bertz CT molecular complexity index is 272. The minimum absolute atomic E-state index is 0.256. The van der Waals surface area contributed by atoms with Crippen LogP contribution in [0.5, 0.6) is 0 Å². The molecule has 15 heavy (non-hydrogen) atoms. The maximum absolute atomic E-state index is 8.88. The molecule has 1 aromatic rings. The Labute approximate surface area is 89.9 Å². The lowest BCUT2D eigenvalue weighted by molar-refractivity contribution is 0.159. The molecule has 0 radical (unpaired) electrons. The second kappa shape index (κ2) is 5.30. The molecule has 1 aliphatic rings. The number of nitrogens with one attached hydrogen (secondary N) is 1. The molecule has 0 spiro atoms. The number of hydrogen-bond donors (Lipinski definition) is 2. The lowest BCUT2D eigenvalue weighted by atomic mass is 10.1. The molecule has 0 saturated carbocycles. The van der Waals surface area contributed by atoms with E-state index in [4.69, 9.17) is 9.52 Å². The highest BCUT2D eigenvalue weighted by Crippen LogP contribution is 2.09. The van der Waals surface area contributed by atoms with E-state index in [9.17, 15) is 0 Å². The van der Waals surface area contributed by atoms with Crippen molar-refractivity contribution in [3.63, 3.8) is 0 Å². The fraction of sp³-hybridized carbons (Fsp3) is 0.636. The molecule has 4 heteroatoms. The van der Waals surface area contributed by atoms with E-state index in [0.29, 0.717) is 6.04 Å². The topological polar surface area (TPSA) is 48.6 Å². The third-order valence-corrected chi connectivity index (χ3v) is 2.78. The van der Waals surface area contributed by atoms with Gasteiger partial charge in [-0.05, 0) is 18.6 Å². The van der Waals surface area contributed by atoms with Crippen molar-refractivity contribution in [2.75, 3.05) is 26.2 Å². The van der Waals surface area contributed by atoms with Crippen LogP contribution in [0.4, 0.5) is 0 Å². The van der Waals surface area contributed by atoms with Crippen molar-refractivity contribution < 1.29 is 9.52 Å². The lowest BCUT2D eigenvalue weighted by Crippen LogP contribution is -2.50. The largest absolute Gasteiger partial charge is 0.468 e. The maximum atomic E-state index is 8.88. The van der Waals surface area contributed by atoms with Crippen LogP contribution in [0.1, 0.15) is 12.2 Å². The third kappa shape index (κ3) is 3.06. The van der Waals surface area contributed by atoms with E-state index in [2.05, 4.69) is 10.2 Å². The van der Waals surface area contributed by atoms with E-state index < -0.39 is 0 Å². The smallest absolute Gasteiger partial charge is 0.117 e. The van der Waals surface area contributed by atoms with E-state index in [1.807, 2.05) is 12.1 Å². The molecule has 2 N–H and O–H groups in total. The van der Waals surface area contributed by atoms with Gasteiger partial charge in [0, 0.05) is 32.3 Å². The molecule has 0 amide bonds. The van der Waals surface area contributed by atoms with E-state index in [1.165, 1.54) is 0 Å². The van der Waals surface area contributed by atoms with Crippen molar-refractivity contribution in [1.82, 2.24) is 10.2 Å². The van der Waals surface area contributed by atoms with Gasteiger partial charge in [-0.15, -0.1) is 0 Å². The summed E-state index contributed by atoms with van der Waals surface area (Å²) < 4.78 is 5.32. The van der Waals surface area contributed by atoms with Crippen LogP contribution in [0.2, 0.25) is 0 Å².